The van der Waals surface area contributed by atoms with Crippen LogP contribution in [0.2, 0.25) is 0 Å². The first-order valence-corrected chi connectivity index (χ1v) is 5.87. The molecule has 0 N–H and O–H groups in total. The van der Waals surface area contributed by atoms with E-state index in [-0.39, 0.29) is 0 Å². The van der Waals surface area contributed by atoms with Crippen LogP contribution in [0.25, 0.3) is 0 Å². The summed E-state index contributed by atoms with van der Waals surface area (Å²) >= 11 is 0. The summed E-state index contributed by atoms with van der Waals surface area (Å²) in [5.74, 6) is 0.739. The molecule has 1 atom stereocenters. The Bertz CT molecular complexity index is 161. The van der Waals surface area contributed by atoms with E-state index in [2.05, 4.69) is 13.8 Å². The minimum atomic E-state index is 0.739. The molecule has 76 valence electrons. The normalized spacial score (nSPS) is 30.6. The number of rotatable bonds is 1. The van der Waals surface area contributed by atoms with Gasteiger partial charge in [-0.05, 0) is 25.2 Å². The van der Waals surface area contributed by atoms with Crippen LogP contribution < -0.4 is 0 Å². The third-order valence-electron chi connectivity index (χ3n) is 3.04. The second-order valence-electron chi connectivity index (χ2n) is 4.18. The minimum Gasteiger partial charge on any atom is -0.294 e. The van der Waals surface area contributed by atoms with Crippen LogP contribution in [0.4, 0.5) is 0 Å². The SMILES string of the molecule is CC/C1=N/CCCCCCCC1C. The summed E-state index contributed by atoms with van der Waals surface area (Å²) in [6.45, 7) is 5.65. The first kappa shape index (κ1) is 10.7. The summed E-state index contributed by atoms with van der Waals surface area (Å²) in [5.41, 5.74) is 1.46. The molecule has 0 fully saturated rings. The summed E-state index contributed by atoms with van der Waals surface area (Å²) in [4.78, 5) is 4.70. The van der Waals surface area contributed by atoms with Gasteiger partial charge in [-0.25, -0.2) is 0 Å². The lowest BCUT2D eigenvalue weighted by atomic mass is 9.95. The molecule has 1 heteroatoms. The molecule has 0 aliphatic carbocycles. The van der Waals surface area contributed by atoms with Gasteiger partial charge in [0.1, 0.15) is 0 Å². The molecule has 1 nitrogen and oxygen atoms in total. The molecule has 1 heterocycles. The van der Waals surface area contributed by atoms with Gasteiger partial charge in [0.25, 0.3) is 0 Å². The van der Waals surface area contributed by atoms with Gasteiger partial charge in [0, 0.05) is 12.3 Å². The Hall–Kier alpha value is -0.330. The third kappa shape index (κ3) is 3.93. The summed E-state index contributed by atoms with van der Waals surface area (Å²) in [6.07, 6.45) is 9.45. The van der Waals surface area contributed by atoms with E-state index in [9.17, 15) is 0 Å². The van der Waals surface area contributed by atoms with Gasteiger partial charge in [0.15, 0.2) is 0 Å². The Labute approximate surface area is 82.6 Å². The molecule has 1 aliphatic rings. The summed E-state index contributed by atoms with van der Waals surface area (Å²) in [7, 11) is 0. The van der Waals surface area contributed by atoms with Gasteiger partial charge in [-0.15, -0.1) is 0 Å². The topological polar surface area (TPSA) is 12.4 Å². The molecular weight excluding hydrogens is 158 g/mol. The molecule has 0 spiro atoms. The van der Waals surface area contributed by atoms with Crippen molar-refractivity contribution in [3.63, 3.8) is 0 Å². The average Bonchev–Trinajstić information content (AvgIpc) is 2.16. The highest BCUT2D eigenvalue weighted by molar-refractivity contribution is 5.86. The number of hydrogen-bond donors (Lipinski definition) is 0. The van der Waals surface area contributed by atoms with Gasteiger partial charge in [0.05, 0.1) is 0 Å². The van der Waals surface area contributed by atoms with Gasteiger partial charge in [-0.2, -0.15) is 0 Å². The zero-order chi connectivity index (χ0) is 9.52. The van der Waals surface area contributed by atoms with Gasteiger partial charge < -0.3 is 0 Å². The second kappa shape index (κ2) is 6.17. The van der Waals surface area contributed by atoms with E-state index < -0.39 is 0 Å². The van der Waals surface area contributed by atoms with Crippen LogP contribution in [-0.2, 0) is 0 Å². The fourth-order valence-corrected chi connectivity index (χ4v) is 2.10. The fraction of sp³-hybridized carbons (Fsp3) is 0.917. The van der Waals surface area contributed by atoms with Crippen molar-refractivity contribution in [2.24, 2.45) is 10.9 Å². The molecule has 0 saturated heterocycles. The van der Waals surface area contributed by atoms with E-state index in [1.54, 1.807) is 0 Å². The Morgan fingerprint density at radius 1 is 1.15 bits per heavy atom. The molecule has 1 aliphatic heterocycles. The van der Waals surface area contributed by atoms with Gasteiger partial charge >= 0.3 is 0 Å². The molecule has 1 rings (SSSR count). The highest BCUT2D eigenvalue weighted by atomic mass is 14.7. The number of hydrogen-bond acceptors (Lipinski definition) is 1. The van der Waals surface area contributed by atoms with Crippen molar-refractivity contribution >= 4 is 5.71 Å². The van der Waals surface area contributed by atoms with E-state index in [0.717, 1.165) is 18.9 Å². The van der Waals surface area contributed by atoms with Crippen LogP contribution in [0, 0.1) is 5.92 Å². The Morgan fingerprint density at radius 3 is 2.62 bits per heavy atom. The lowest BCUT2D eigenvalue weighted by molar-refractivity contribution is 0.546. The predicted octanol–water partition coefficient (Wildman–Crippen LogP) is 3.83. The van der Waals surface area contributed by atoms with E-state index in [1.165, 1.54) is 44.2 Å². The van der Waals surface area contributed by atoms with Crippen molar-refractivity contribution in [2.45, 2.75) is 58.8 Å². The Morgan fingerprint density at radius 2 is 1.85 bits per heavy atom. The molecule has 1 unspecified atom stereocenters. The van der Waals surface area contributed by atoms with Crippen molar-refractivity contribution in [3.05, 3.63) is 0 Å². The van der Waals surface area contributed by atoms with Crippen LogP contribution in [-0.4, -0.2) is 12.3 Å². The van der Waals surface area contributed by atoms with Gasteiger partial charge in [-0.1, -0.05) is 39.5 Å². The second-order valence-corrected chi connectivity index (χ2v) is 4.18. The average molecular weight is 181 g/mol. The van der Waals surface area contributed by atoms with E-state index in [4.69, 9.17) is 4.99 Å². The van der Waals surface area contributed by atoms with Crippen LogP contribution in [0.1, 0.15) is 58.8 Å². The predicted molar refractivity (Wildman–Crippen MR) is 59.5 cm³/mol. The zero-order valence-electron chi connectivity index (χ0n) is 9.18. The molecule has 0 saturated carbocycles. The van der Waals surface area contributed by atoms with E-state index in [1.807, 2.05) is 0 Å². The molecule has 0 radical (unpaired) electrons. The molecule has 0 amide bonds. The third-order valence-corrected chi connectivity index (χ3v) is 3.04. The van der Waals surface area contributed by atoms with Gasteiger partial charge in [0.2, 0.25) is 0 Å². The quantitative estimate of drug-likeness (QED) is 0.583. The number of aliphatic imine (C=N–C) groups is 1. The lowest BCUT2D eigenvalue weighted by Gasteiger charge is -2.15. The Kier molecular flexibility index (Phi) is 5.10. The molecule has 0 aromatic rings. The summed E-state index contributed by atoms with van der Waals surface area (Å²) in [5, 5.41) is 0. The highest BCUT2D eigenvalue weighted by Crippen LogP contribution is 2.16. The maximum absolute atomic E-state index is 4.70. The van der Waals surface area contributed by atoms with Crippen LogP contribution in [0.5, 0.6) is 0 Å². The molecule has 13 heavy (non-hydrogen) atoms. The monoisotopic (exact) mass is 181 g/mol. The molecule has 0 bridgehead atoms. The number of nitrogens with zero attached hydrogens (tertiary/aromatic N) is 1. The Balaban J connectivity index is 2.48. The maximum atomic E-state index is 4.70. The molecular formula is C12H23N. The lowest BCUT2D eigenvalue weighted by Crippen LogP contribution is -2.11. The maximum Gasteiger partial charge on any atom is 0.0388 e. The first-order chi connectivity index (χ1) is 6.34. The van der Waals surface area contributed by atoms with E-state index in [0.29, 0.717) is 0 Å². The highest BCUT2D eigenvalue weighted by Gasteiger charge is 2.08. The van der Waals surface area contributed by atoms with E-state index >= 15 is 0 Å². The molecule has 0 aromatic carbocycles. The van der Waals surface area contributed by atoms with Crippen molar-refractivity contribution in [1.82, 2.24) is 0 Å². The van der Waals surface area contributed by atoms with Crippen molar-refractivity contribution in [3.8, 4) is 0 Å². The van der Waals surface area contributed by atoms with Crippen LogP contribution >= 0.6 is 0 Å². The largest absolute Gasteiger partial charge is 0.294 e. The van der Waals surface area contributed by atoms with Crippen LogP contribution in [0.15, 0.2) is 4.99 Å². The summed E-state index contributed by atoms with van der Waals surface area (Å²) in [6, 6.07) is 0. The van der Waals surface area contributed by atoms with Crippen molar-refractivity contribution < 1.29 is 0 Å². The summed E-state index contributed by atoms with van der Waals surface area (Å²) < 4.78 is 0. The standard InChI is InChI=1S/C12H23N/c1-3-12-11(2)9-7-5-4-6-8-10-13-12/h11H,3-10H2,1-2H3/b13-12-. The first-order valence-electron chi connectivity index (χ1n) is 5.87. The zero-order valence-corrected chi connectivity index (χ0v) is 9.18. The fourth-order valence-electron chi connectivity index (χ4n) is 2.10. The van der Waals surface area contributed by atoms with Gasteiger partial charge in [-0.3, -0.25) is 4.99 Å². The smallest absolute Gasteiger partial charge is 0.0388 e. The van der Waals surface area contributed by atoms with Crippen LogP contribution in [0.3, 0.4) is 0 Å². The molecule has 0 aromatic heterocycles. The minimum absolute atomic E-state index is 0.739. The van der Waals surface area contributed by atoms with Crippen molar-refractivity contribution in [1.29, 1.82) is 0 Å². The van der Waals surface area contributed by atoms with Crippen molar-refractivity contribution in [2.75, 3.05) is 6.54 Å².